The van der Waals surface area contributed by atoms with Crippen LogP contribution >= 0.6 is 23.4 Å². The van der Waals surface area contributed by atoms with Crippen molar-refractivity contribution in [1.82, 2.24) is 0 Å². The first-order valence-corrected chi connectivity index (χ1v) is 8.92. The number of esters is 1. The summed E-state index contributed by atoms with van der Waals surface area (Å²) in [6.07, 6.45) is 0. The van der Waals surface area contributed by atoms with E-state index in [4.69, 9.17) is 21.1 Å². The van der Waals surface area contributed by atoms with E-state index in [2.05, 4.69) is 5.32 Å². The summed E-state index contributed by atoms with van der Waals surface area (Å²) < 4.78 is 9.99. The highest BCUT2D eigenvalue weighted by Crippen LogP contribution is 2.29. The highest BCUT2D eigenvalue weighted by molar-refractivity contribution is 8.00. The third-order valence-corrected chi connectivity index (χ3v) is 4.48. The molecule has 0 heterocycles. The number of benzene rings is 2. The minimum absolute atomic E-state index is 0.0962. The van der Waals surface area contributed by atoms with Gasteiger partial charge in [0.25, 0.3) is 11.6 Å². The van der Waals surface area contributed by atoms with E-state index < -0.39 is 23.4 Å². The van der Waals surface area contributed by atoms with Crippen LogP contribution in [0.15, 0.2) is 47.4 Å². The minimum atomic E-state index is -0.675. The van der Waals surface area contributed by atoms with E-state index in [0.29, 0.717) is 21.4 Å². The molecule has 0 saturated carbocycles. The lowest BCUT2D eigenvalue weighted by Crippen LogP contribution is -2.22. The van der Waals surface area contributed by atoms with Gasteiger partial charge in [0.1, 0.15) is 5.75 Å². The fourth-order valence-electron chi connectivity index (χ4n) is 2.02. The maximum atomic E-state index is 11.9. The molecule has 0 aliphatic carbocycles. The van der Waals surface area contributed by atoms with Crippen LogP contribution in [-0.2, 0) is 14.3 Å². The maximum Gasteiger partial charge on any atom is 0.316 e. The van der Waals surface area contributed by atoms with E-state index in [1.54, 1.807) is 18.2 Å². The molecule has 10 heteroatoms. The van der Waals surface area contributed by atoms with Gasteiger partial charge >= 0.3 is 5.97 Å². The van der Waals surface area contributed by atoms with Gasteiger partial charge in [-0.25, -0.2) is 0 Å². The molecule has 8 nitrogen and oxygen atoms in total. The van der Waals surface area contributed by atoms with Crippen LogP contribution in [0.2, 0.25) is 5.02 Å². The third-order valence-electron chi connectivity index (χ3n) is 3.21. The number of para-hydroxylation sites is 1. The quantitative estimate of drug-likeness (QED) is 0.307. The van der Waals surface area contributed by atoms with Gasteiger partial charge in [0.2, 0.25) is 0 Å². The molecule has 2 aromatic carbocycles. The van der Waals surface area contributed by atoms with Gasteiger partial charge < -0.3 is 14.8 Å². The number of thioether (sulfide) groups is 1. The molecular weight excluding hydrogens is 396 g/mol. The van der Waals surface area contributed by atoms with Crippen molar-refractivity contribution < 1.29 is 24.0 Å². The Morgan fingerprint density at radius 1 is 1.26 bits per heavy atom. The number of carbonyl (C=O) groups is 2. The lowest BCUT2D eigenvalue weighted by Gasteiger charge is -2.10. The van der Waals surface area contributed by atoms with E-state index in [-0.39, 0.29) is 11.4 Å². The fraction of sp³-hybridized carbons (Fsp3) is 0.176. The molecule has 0 radical (unpaired) electrons. The van der Waals surface area contributed by atoms with E-state index in [9.17, 15) is 19.7 Å². The number of nitro groups is 1. The van der Waals surface area contributed by atoms with Gasteiger partial charge in [-0.1, -0.05) is 23.7 Å². The summed E-state index contributed by atoms with van der Waals surface area (Å²) in [6.45, 7) is -0.508. The molecule has 27 heavy (non-hydrogen) atoms. The first-order valence-electron chi connectivity index (χ1n) is 7.56. The Balaban J connectivity index is 1.85. The van der Waals surface area contributed by atoms with Crippen LogP contribution in [0, 0.1) is 10.1 Å². The van der Waals surface area contributed by atoms with Gasteiger partial charge in [0.15, 0.2) is 6.61 Å². The van der Waals surface area contributed by atoms with Crippen molar-refractivity contribution in [1.29, 1.82) is 0 Å². The Hall–Kier alpha value is -2.78. The molecule has 1 N–H and O–H groups in total. The molecule has 0 unspecified atom stereocenters. The van der Waals surface area contributed by atoms with Crippen molar-refractivity contribution in [3.8, 4) is 5.75 Å². The highest BCUT2D eigenvalue weighted by atomic mass is 35.5. The van der Waals surface area contributed by atoms with Crippen LogP contribution < -0.4 is 10.1 Å². The zero-order valence-electron chi connectivity index (χ0n) is 14.1. The maximum absolute atomic E-state index is 11.9. The molecule has 0 spiro atoms. The number of ether oxygens (including phenoxy) is 2. The Morgan fingerprint density at radius 3 is 2.70 bits per heavy atom. The summed E-state index contributed by atoms with van der Waals surface area (Å²) in [5.74, 6) is -1.00. The average Bonchev–Trinajstić information content (AvgIpc) is 2.65. The standard InChI is InChI=1S/C17H15ClN2O6S/c1-25-14-7-6-11(18)8-12(14)19-16(21)9-26-17(22)10-27-15-5-3-2-4-13(15)20(23)24/h2-8H,9-10H2,1H3,(H,19,21). The van der Waals surface area contributed by atoms with Crippen LogP contribution in [0.3, 0.4) is 0 Å². The van der Waals surface area contributed by atoms with Crippen LogP contribution in [0.5, 0.6) is 5.75 Å². The van der Waals surface area contributed by atoms with Gasteiger partial charge in [0, 0.05) is 11.1 Å². The molecule has 2 rings (SSSR count). The molecule has 0 atom stereocenters. The Morgan fingerprint density at radius 2 is 2.00 bits per heavy atom. The monoisotopic (exact) mass is 410 g/mol. The topological polar surface area (TPSA) is 108 Å². The third kappa shape index (κ3) is 6.15. The first kappa shape index (κ1) is 20.5. The van der Waals surface area contributed by atoms with Gasteiger partial charge in [-0.15, -0.1) is 11.8 Å². The molecule has 1 amide bonds. The van der Waals surface area contributed by atoms with Crippen molar-refractivity contribution in [2.45, 2.75) is 4.90 Å². The second-order valence-corrected chi connectivity index (χ2v) is 6.52. The van der Waals surface area contributed by atoms with Gasteiger partial charge in [0.05, 0.1) is 28.4 Å². The number of anilines is 1. The summed E-state index contributed by atoms with van der Waals surface area (Å²) in [6, 6.07) is 10.8. The van der Waals surface area contributed by atoms with Crippen LogP contribution in [0.1, 0.15) is 0 Å². The zero-order chi connectivity index (χ0) is 19.8. The molecular formula is C17H15ClN2O6S. The number of amides is 1. The summed E-state index contributed by atoms with van der Waals surface area (Å²) >= 11 is 6.84. The largest absolute Gasteiger partial charge is 0.495 e. The number of rotatable bonds is 8. The van der Waals surface area contributed by atoms with Crippen molar-refractivity contribution in [2.75, 3.05) is 24.8 Å². The van der Waals surface area contributed by atoms with Gasteiger partial charge in [-0.3, -0.25) is 19.7 Å². The number of hydrogen-bond acceptors (Lipinski definition) is 7. The predicted octanol–water partition coefficient (Wildman–Crippen LogP) is 3.53. The molecule has 0 bridgehead atoms. The lowest BCUT2D eigenvalue weighted by atomic mass is 10.3. The zero-order valence-corrected chi connectivity index (χ0v) is 15.7. The number of nitro benzene ring substituents is 1. The summed E-state index contributed by atoms with van der Waals surface area (Å²) in [7, 11) is 1.44. The van der Waals surface area contributed by atoms with Crippen LogP contribution in [-0.4, -0.2) is 36.3 Å². The van der Waals surface area contributed by atoms with Crippen molar-refractivity contribution in [3.05, 3.63) is 57.6 Å². The Bertz CT molecular complexity index is 861. The summed E-state index contributed by atoms with van der Waals surface area (Å²) in [5, 5.41) is 13.9. The van der Waals surface area contributed by atoms with E-state index in [1.165, 1.54) is 31.4 Å². The molecule has 0 fully saturated rings. The molecule has 0 saturated heterocycles. The van der Waals surface area contributed by atoms with Crippen molar-refractivity contribution in [3.63, 3.8) is 0 Å². The average molecular weight is 411 g/mol. The number of nitrogens with one attached hydrogen (secondary N) is 1. The predicted molar refractivity (Wildman–Crippen MR) is 101 cm³/mol. The van der Waals surface area contributed by atoms with Crippen LogP contribution in [0.25, 0.3) is 0 Å². The molecule has 142 valence electrons. The number of carbonyl (C=O) groups excluding carboxylic acids is 2. The lowest BCUT2D eigenvalue weighted by molar-refractivity contribution is -0.387. The number of nitrogens with zero attached hydrogens (tertiary/aromatic N) is 1. The van der Waals surface area contributed by atoms with E-state index in [0.717, 1.165) is 11.8 Å². The number of methoxy groups -OCH3 is 1. The molecule has 2 aromatic rings. The van der Waals surface area contributed by atoms with E-state index >= 15 is 0 Å². The molecule has 0 aromatic heterocycles. The Kier molecular flexibility index (Phi) is 7.44. The SMILES string of the molecule is COc1ccc(Cl)cc1NC(=O)COC(=O)CSc1ccccc1[N+](=O)[O-]. The van der Waals surface area contributed by atoms with Crippen molar-refractivity contribution >= 4 is 46.6 Å². The summed E-state index contributed by atoms with van der Waals surface area (Å²) in [5.41, 5.74) is 0.251. The minimum Gasteiger partial charge on any atom is -0.495 e. The fourth-order valence-corrected chi connectivity index (χ4v) is 3.01. The second-order valence-electron chi connectivity index (χ2n) is 5.07. The van der Waals surface area contributed by atoms with Gasteiger partial charge in [-0.05, 0) is 24.3 Å². The number of halogens is 1. The summed E-state index contributed by atoms with van der Waals surface area (Å²) in [4.78, 5) is 34.5. The van der Waals surface area contributed by atoms with E-state index in [1.807, 2.05) is 0 Å². The van der Waals surface area contributed by atoms with Gasteiger partial charge in [-0.2, -0.15) is 0 Å². The van der Waals surface area contributed by atoms with Crippen LogP contribution in [0.4, 0.5) is 11.4 Å². The first-order chi connectivity index (χ1) is 12.9. The van der Waals surface area contributed by atoms with Crippen molar-refractivity contribution in [2.24, 2.45) is 0 Å². The molecule has 0 aliphatic rings. The molecule has 0 aliphatic heterocycles. The Labute approximate surface area is 163 Å². The second kappa shape index (κ2) is 9.79. The highest BCUT2D eigenvalue weighted by Gasteiger charge is 2.16. The number of hydrogen-bond donors (Lipinski definition) is 1. The normalized spacial score (nSPS) is 10.1. The smallest absolute Gasteiger partial charge is 0.316 e.